The summed E-state index contributed by atoms with van der Waals surface area (Å²) in [5.41, 5.74) is 3.87. The molecule has 0 saturated carbocycles. The molecule has 3 aromatic rings. The van der Waals surface area contributed by atoms with Gasteiger partial charge in [-0.3, -0.25) is 0 Å². The summed E-state index contributed by atoms with van der Waals surface area (Å²) in [4.78, 5) is 11.5. The Balaban J connectivity index is 1.56. The van der Waals surface area contributed by atoms with Crippen LogP contribution in [0.4, 0.5) is 8.78 Å². The van der Waals surface area contributed by atoms with E-state index in [4.69, 9.17) is 4.42 Å². The summed E-state index contributed by atoms with van der Waals surface area (Å²) in [7, 11) is 1.31. The average Bonchev–Trinajstić information content (AvgIpc) is 3.09. The molecule has 0 saturated heterocycles. The van der Waals surface area contributed by atoms with E-state index in [1.54, 1.807) is 25.1 Å². The number of carbonyl (C=O) groups excluding carboxylic acids is 1. The smallest absolute Gasteiger partial charge is 0.387 e. The molecule has 1 N–H and O–H groups in total. The number of furan rings is 1. The normalized spacial score (nSPS) is 10.9. The second-order valence-electron chi connectivity index (χ2n) is 6.39. The number of methoxy groups -OCH3 is 1. The second-order valence-corrected chi connectivity index (χ2v) is 6.39. The van der Waals surface area contributed by atoms with Gasteiger partial charge in [-0.2, -0.15) is 8.78 Å². The number of esters is 1. The Labute approximate surface area is 167 Å². The third-order valence-corrected chi connectivity index (χ3v) is 4.42. The highest BCUT2D eigenvalue weighted by Gasteiger charge is 2.14. The van der Waals surface area contributed by atoms with Gasteiger partial charge < -0.3 is 19.2 Å². The SMILES string of the molecule is COC(=O)c1cc(CNCc2ccc(-c3ccc(OC(F)F)cc3)cc2)c(C)o1. The predicted octanol–water partition coefficient (Wildman–Crippen LogP) is 4.93. The van der Waals surface area contributed by atoms with Crippen LogP contribution in [-0.4, -0.2) is 19.7 Å². The van der Waals surface area contributed by atoms with E-state index in [-0.39, 0.29) is 11.5 Å². The van der Waals surface area contributed by atoms with Crippen LogP contribution in [0.15, 0.2) is 59.0 Å². The predicted molar refractivity (Wildman–Crippen MR) is 104 cm³/mol. The lowest BCUT2D eigenvalue weighted by Crippen LogP contribution is -2.12. The van der Waals surface area contributed by atoms with Crippen molar-refractivity contribution in [3.05, 3.63) is 77.2 Å². The van der Waals surface area contributed by atoms with E-state index >= 15 is 0 Å². The van der Waals surface area contributed by atoms with Gasteiger partial charge in [0.1, 0.15) is 11.5 Å². The van der Waals surface area contributed by atoms with Gasteiger partial charge in [0.15, 0.2) is 0 Å². The van der Waals surface area contributed by atoms with E-state index in [9.17, 15) is 13.6 Å². The molecular weight excluding hydrogens is 380 g/mol. The first-order chi connectivity index (χ1) is 14.0. The quantitative estimate of drug-likeness (QED) is 0.542. The molecule has 0 aliphatic rings. The number of aryl methyl sites for hydroxylation is 1. The van der Waals surface area contributed by atoms with Crippen molar-refractivity contribution in [3.63, 3.8) is 0 Å². The highest BCUT2D eigenvalue weighted by molar-refractivity contribution is 5.86. The standard InChI is InChI=1S/C22H21F2NO4/c1-14-18(11-20(28-14)21(26)27-2)13-25-12-15-3-5-16(6-4-15)17-7-9-19(10-8-17)29-22(23)24/h3-11,22,25H,12-13H2,1-2H3. The molecule has 0 aliphatic heterocycles. The molecule has 3 rings (SSSR count). The molecule has 0 atom stereocenters. The summed E-state index contributed by atoms with van der Waals surface area (Å²) < 4.78 is 38.9. The van der Waals surface area contributed by atoms with Gasteiger partial charge >= 0.3 is 12.6 Å². The number of hydrogen-bond donors (Lipinski definition) is 1. The van der Waals surface area contributed by atoms with E-state index < -0.39 is 12.6 Å². The lowest BCUT2D eigenvalue weighted by atomic mass is 10.0. The summed E-state index contributed by atoms with van der Waals surface area (Å²) in [5.74, 6) is 0.502. The van der Waals surface area contributed by atoms with Gasteiger partial charge in [0.05, 0.1) is 7.11 Å². The van der Waals surface area contributed by atoms with Crippen LogP contribution < -0.4 is 10.1 Å². The Morgan fingerprint density at radius 1 is 1.03 bits per heavy atom. The molecule has 29 heavy (non-hydrogen) atoms. The van der Waals surface area contributed by atoms with Crippen molar-refractivity contribution in [2.75, 3.05) is 7.11 Å². The van der Waals surface area contributed by atoms with E-state index in [1.165, 1.54) is 19.2 Å². The lowest BCUT2D eigenvalue weighted by molar-refractivity contribution is -0.0498. The van der Waals surface area contributed by atoms with Gasteiger partial charge in [0.2, 0.25) is 5.76 Å². The van der Waals surface area contributed by atoms with Crippen molar-refractivity contribution in [1.29, 1.82) is 0 Å². The van der Waals surface area contributed by atoms with Crippen molar-refractivity contribution >= 4 is 5.97 Å². The fourth-order valence-electron chi connectivity index (χ4n) is 2.88. The van der Waals surface area contributed by atoms with Crippen LogP contribution in [0.3, 0.4) is 0 Å². The number of benzene rings is 2. The molecule has 5 nitrogen and oxygen atoms in total. The largest absolute Gasteiger partial charge is 0.463 e. The zero-order valence-electron chi connectivity index (χ0n) is 16.1. The molecule has 2 aromatic carbocycles. The number of rotatable bonds is 8. The molecule has 152 valence electrons. The molecule has 1 heterocycles. The van der Waals surface area contributed by atoms with Crippen LogP contribution in [0.1, 0.15) is 27.4 Å². The molecule has 0 unspecified atom stereocenters. The van der Waals surface area contributed by atoms with Crippen LogP contribution >= 0.6 is 0 Å². The number of hydrogen-bond acceptors (Lipinski definition) is 5. The maximum absolute atomic E-state index is 12.2. The van der Waals surface area contributed by atoms with Gasteiger partial charge in [-0.25, -0.2) is 4.79 Å². The molecule has 0 fully saturated rings. The Morgan fingerprint density at radius 2 is 1.66 bits per heavy atom. The molecule has 0 spiro atoms. The minimum atomic E-state index is -2.83. The van der Waals surface area contributed by atoms with Gasteiger partial charge in [0.25, 0.3) is 0 Å². The molecule has 1 aromatic heterocycles. The molecule has 7 heteroatoms. The molecule has 0 aliphatic carbocycles. The molecule has 0 radical (unpaired) electrons. The first kappa shape index (κ1) is 20.5. The topological polar surface area (TPSA) is 60.7 Å². The Bertz CT molecular complexity index is 950. The highest BCUT2D eigenvalue weighted by Crippen LogP contribution is 2.24. The van der Waals surface area contributed by atoms with Gasteiger partial charge in [-0.05, 0) is 41.8 Å². The van der Waals surface area contributed by atoms with Gasteiger partial charge in [-0.15, -0.1) is 0 Å². The molecular formula is C22H21F2NO4. The van der Waals surface area contributed by atoms with E-state index in [0.29, 0.717) is 18.8 Å². The number of alkyl halides is 2. The van der Waals surface area contributed by atoms with E-state index in [1.807, 2.05) is 24.3 Å². The van der Waals surface area contributed by atoms with Crippen LogP contribution in [0.25, 0.3) is 11.1 Å². The zero-order chi connectivity index (χ0) is 20.8. The van der Waals surface area contributed by atoms with E-state index in [0.717, 1.165) is 22.3 Å². The van der Waals surface area contributed by atoms with Crippen LogP contribution in [0.2, 0.25) is 0 Å². The molecule has 0 amide bonds. The zero-order valence-corrected chi connectivity index (χ0v) is 16.1. The fourth-order valence-corrected chi connectivity index (χ4v) is 2.88. The summed E-state index contributed by atoms with van der Waals surface area (Å²) in [6.07, 6.45) is 0. The Hall–Kier alpha value is -3.19. The summed E-state index contributed by atoms with van der Waals surface area (Å²) in [5, 5.41) is 3.31. The third kappa shape index (κ3) is 5.42. The lowest BCUT2D eigenvalue weighted by Gasteiger charge is -2.08. The maximum atomic E-state index is 12.2. The summed E-state index contributed by atoms with van der Waals surface area (Å²) in [6.45, 7) is 0.167. The average molecular weight is 401 g/mol. The van der Waals surface area contributed by atoms with Crippen LogP contribution in [0, 0.1) is 6.92 Å². The third-order valence-electron chi connectivity index (χ3n) is 4.42. The maximum Gasteiger partial charge on any atom is 0.387 e. The van der Waals surface area contributed by atoms with Gasteiger partial charge in [-0.1, -0.05) is 36.4 Å². The Kier molecular flexibility index (Phi) is 6.61. The number of carbonyl (C=O) groups is 1. The first-order valence-electron chi connectivity index (χ1n) is 8.99. The summed E-state index contributed by atoms with van der Waals surface area (Å²) in [6, 6.07) is 16.1. The van der Waals surface area contributed by atoms with Crippen molar-refractivity contribution < 1.29 is 27.5 Å². The second kappa shape index (κ2) is 9.34. The van der Waals surface area contributed by atoms with Crippen LogP contribution in [-0.2, 0) is 17.8 Å². The van der Waals surface area contributed by atoms with Crippen molar-refractivity contribution in [1.82, 2.24) is 5.32 Å². The minimum absolute atomic E-state index is 0.134. The van der Waals surface area contributed by atoms with Crippen molar-refractivity contribution in [2.24, 2.45) is 0 Å². The van der Waals surface area contributed by atoms with E-state index in [2.05, 4.69) is 14.8 Å². The van der Waals surface area contributed by atoms with Crippen molar-refractivity contribution in [2.45, 2.75) is 26.6 Å². The highest BCUT2D eigenvalue weighted by atomic mass is 19.3. The number of halogens is 2. The van der Waals surface area contributed by atoms with Gasteiger partial charge in [0, 0.05) is 18.7 Å². The monoisotopic (exact) mass is 401 g/mol. The fraction of sp³-hybridized carbons (Fsp3) is 0.227. The Morgan fingerprint density at radius 3 is 2.24 bits per heavy atom. The van der Waals surface area contributed by atoms with Crippen LogP contribution in [0.5, 0.6) is 5.75 Å². The number of nitrogens with one attached hydrogen (secondary N) is 1. The summed E-state index contributed by atoms with van der Waals surface area (Å²) >= 11 is 0. The molecule has 0 bridgehead atoms. The number of ether oxygens (including phenoxy) is 2. The minimum Gasteiger partial charge on any atom is -0.463 e. The van der Waals surface area contributed by atoms with Crippen molar-refractivity contribution in [3.8, 4) is 16.9 Å². The first-order valence-corrected chi connectivity index (χ1v) is 8.99.